The molecule has 1 aromatic carbocycles. The van der Waals surface area contributed by atoms with Crippen LogP contribution in [0.1, 0.15) is 36.3 Å². The van der Waals surface area contributed by atoms with Crippen molar-refractivity contribution in [3.8, 4) is 17.3 Å². The number of rotatable bonds is 2. The number of benzene rings is 1. The Hall–Kier alpha value is -2.08. The van der Waals surface area contributed by atoms with Gasteiger partial charge in [-0.1, -0.05) is 24.3 Å². The highest BCUT2D eigenvalue weighted by molar-refractivity contribution is 5.66. The highest BCUT2D eigenvalue weighted by Gasteiger charge is 2.42. The van der Waals surface area contributed by atoms with Gasteiger partial charge in [-0.3, -0.25) is 0 Å². The highest BCUT2D eigenvalue weighted by atomic mass is 15.0. The zero-order valence-electron chi connectivity index (χ0n) is 11.3. The predicted molar refractivity (Wildman–Crippen MR) is 74.6 cm³/mol. The van der Waals surface area contributed by atoms with Gasteiger partial charge in [0.2, 0.25) is 0 Å². The minimum atomic E-state index is -0.369. The number of H-pyrrole nitrogens is 1. The largest absolute Gasteiger partial charge is 0.344 e. The van der Waals surface area contributed by atoms with Crippen LogP contribution >= 0.6 is 0 Å². The maximum Gasteiger partial charge on any atom is 0.127 e. The van der Waals surface area contributed by atoms with Crippen molar-refractivity contribution < 1.29 is 0 Å². The average molecular weight is 251 g/mol. The van der Waals surface area contributed by atoms with E-state index in [0.29, 0.717) is 0 Å². The van der Waals surface area contributed by atoms with E-state index in [1.54, 1.807) is 0 Å². The van der Waals surface area contributed by atoms with Crippen LogP contribution in [-0.4, -0.2) is 9.97 Å². The number of aromatic amines is 1. The van der Waals surface area contributed by atoms with Crippen molar-refractivity contribution in [2.24, 2.45) is 0 Å². The summed E-state index contributed by atoms with van der Waals surface area (Å²) in [4.78, 5) is 8.06. The molecule has 0 amide bonds. The number of nitrogens with zero attached hydrogens (tertiary/aromatic N) is 2. The van der Waals surface area contributed by atoms with Crippen molar-refractivity contribution in [1.29, 1.82) is 5.26 Å². The van der Waals surface area contributed by atoms with E-state index in [4.69, 9.17) is 4.98 Å². The minimum Gasteiger partial charge on any atom is -0.344 e. The lowest BCUT2D eigenvalue weighted by Gasteiger charge is -2.32. The molecule has 0 aliphatic heterocycles. The van der Waals surface area contributed by atoms with Gasteiger partial charge >= 0.3 is 0 Å². The second-order valence-corrected chi connectivity index (χ2v) is 5.42. The number of aryl methyl sites for hydroxylation is 2. The number of nitriles is 1. The molecule has 2 aromatic rings. The van der Waals surface area contributed by atoms with Gasteiger partial charge in [0.15, 0.2) is 0 Å². The fourth-order valence-corrected chi connectivity index (χ4v) is 2.72. The average Bonchev–Trinajstić information content (AvgIpc) is 2.72. The summed E-state index contributed by atoms with van der Waals surface area (Å²) in [5.41, 5.74) is 4.02. The van der Waals surface area contributed by atoms with Crippen LogP contribution < -0.4 is 0 Å². The molecule has 0 radical (unpaired) electrons. The summed E-state index contributed by atoms with van der Waals surface area (Å²) in [5.74, 6) is 0.844. The molecule has 19 heavy (non-hydrogen) atoms. The Morgan fingerprint density at radius 3 is 2.58 bits per heavy atom. The Morgan fingerprint density at radius 2 is 2.00 bits per heavy atom. The fraction of sp³-hybridized carbons (Fsp3) is 0.375. The van der Waals surface area contributed by atoms with Crippen LogP contribution in [0.15, 0.2) is 24.3 Å². The Kier molecular flexibility index (Phi) is 2.67. The van der Waals surface area contributed by atoms with Gasteiger partial charge in [-0.05, 0) is 38.7 Å². The molecule has 3 heteroatoms. The van der Waals surface area contributed by atoms with Gasteiger partial charge in [0.25, 0.3) is 0 Å². The van der Waals surface area contributed by atoms with E-state index < -0.39 is 0 Å². The van der Waals surface area contributed by atoms with Crippen LogP contribution in [0.4, 0.5) is 0 Å². The molecule has 1 aliphatic rings. The summed E-state index contributed by atoms with van der Waals surface area (Å²) in [5, 5.41) is 9.41. The number of imidazole rings is 1. The van der Waals surface area contributed by atoms with Crippen molar-refractivity contribution in [2.75, 3.05) is 0 Å². The molecule has 96 valence electrons. The zero-order chi connectivity index (χ0) is 13.5. The Labute approximate surface area is 113 Å². The lowest BCUT2D eigenvalue weighted by Crippen LogP contribution is -2.33. The summed E-state index contributed by atoms with van der Waals surface area (Å²) in [6.45, 7) is 4.12. The smallest absolute Gasteiger partial charge is 0.127 e. The molecule has 0 saturated heterocycles. The van der Waals surface area contributed by atoms with Gasteiger partial charge in [0, 0.05) is 11.3 Å². The third-order valence-corrected chi connectivity index (χ3v) is 4.16. The van der Waals surface area contributed by atoms with E-state index in [-0.39, 0.29) is 5.41 Å². The topological polar surface area (TPSA) is 52.5 Å². The maximum absolute atomic E-state index is 9.41. The highest BCUT2D eigenvalue weighted by Crippen LogP contribution is 2.42. The van der Waals surface area contributed by atoms with E-state index in [9.17, 15) is 5.26 Å². The molecule has 3 nitrogen and oxygen atoms in total. The third-order valence-electron chi connectivity index (χ3n) is 4.16. The van der Waals surface area contributed by atoms with Gasteiger partial charge in [-0.15, -0.1) is 0 Å². The number of aromatic nitrogens is 2. The van der Waals surface area contributed by atoms with Gasteiger partial charge < -0.3 is 4.98 Å². The lowest BCUT2D eigenvalue weighted by atomic mass is 9.69. The van der Waals surface area contributed by atoms with Crippen molar-refractivity contribution in [1.82, 2.24) is 9.97 Å². The standard InChI is InChI=1S/C16H17N3/c1-11-6-3-4-7-13(11)14-12(2)18-15(19-14)16(10-17)8-5-9-16/h3-4,6-7H,5,8-9H2,1-2H3,(H,18,19). The number of hydrogen-bond donors (Lipinski definition) is 1. The van der Waals surface area contributed by atoms with E-state index >= 15 is 0 Å². The van der Waals surface area contributed by atoms with Crippen LogP contribution in [0.25, 0.3) is 11.3 Å². The summed E-state index contributed by atoms with van der Waals surface area (Å²) in [7, 11) is 0. The molecule has 1 aliphatic carbocycles. The van der Waals surface area contributed by atoms with Crippen LogP contribution in [0, 0.1) is 25.2 Å². The van der Waals surface area contributed by atoms with E-state index in [0.717, 1.165) is 42.0 Å². The molecule has 1 saturated carbocycles. The van der Waals surface area contributed by atoms with Crippen LogP contribution in [0.3, 0.4) is 0 Å². The van der Waals surface area contributed by atoms with Crippen LogP contribution in [0.2, 0.25) is 0 Å². The summed E-state index contributed by atoms with van der Waals surface area (Å²) < 4.78 is 0. The third kappa shape index (κ3) is 1.76. The second kappa shape index (κ2) is 4.24. The Bertz CT molecular complexity index is 657. The molecule has 1 aromatic heterocycles. The molecule has 0 atom stereocenters. The number of nitrogens with one attached hydrogen (secondary N) is 1. The molecule has 0 spiro atoms. The Balaban J connectivity index is 2.08. The second-order valence-electron chi connectivity index (χ2n) is 5.42. The van der Waals surface area contributed by atoms with Crippen molar-refractivity contribution in [3.63, 3.8) is 0 Å². The van der Waals surface area contributed by atoms with E-state index in [2.05, 4.69) is 30.1 Å². The first kappa shape index (κ1) is 12.0. The molecule has 1 heterocycles. The first-order chi connectivity index (χ1) is 9.16. The number of hydrogen-bond acceptors (Lipinski definition) is 2. The first-order valence-corrected chi connectivity index (χ1v) is 6.71. The zero-order valence-corrected chi connectivity index (χ0v) is 11.3. The van der Waals surface area contributed by atoms with Crippen molar-refractivity contribution >= 4 is 0 Å². The lowest BCUT2D eigenvalue weighted by molar-refractivity contribution is 0.309. The molecule has 0 unspecified atom stereocenters. The Morgan fingerprint density at radius 1 is 1.26 bits per heavy atom. The van der Waals surface area contributed by atoms with Crippen LogP contribution in [-0.2, 0) is 5.41 Å². The SMILES string of the molecule is Cc1ccccc1-c1nc(C2(C#N)CCC2)[nH]c1C. The van der Waals surface area contributed by atoms with Gasteiger partial charge in [-0.2, -0.15) is 5.26 Å². The van der Waals surface area contributed by atoms with Gasteiger partial charge in [0.1, 0.15) is 11.2 Å². The summed E-state index contributed by atoms with van der Waals surface area (Å²) in [6.07, 6.45) is 2.96. The first-order valence-electron chi connectivity index (χ1n) is 6.71. The summed E-state index contributed by atoms with van der Waals surface area (Å²) >= 11 is 0. The normalized spacial score (nSPS) is 16.7. The summed E-state index contributed by atoms with van der Waals surface area (Å²) in [6, 6.07) is 10.7. The van der Waals surface area contributed by atoms with Crippen molar-refractivity contribution in [2.45, 2.75) is 38.5 Å². The quantitative estimate of drug-likeness (QED) is 0.886. The van der Waals surface area contributed by atoms with E-state index in [1.165, 1.54) is 5.56 Å². The van der Waals surface area contributed by atoms with Gasteiger partial charge in [0.05, 0.1) is 11.8 Å². The maximum atomic E-state index is 9.41. The molecule has 3 rings (SSSR count). The molecule has 1 N–H and O–H groups in total. The minimum absolute atomic E-state index is 0.369. The van der Waals surface area contributed by atoms with Crippen LogP contribution in [0.5, 0.6) is 0 Å². The fourth-order valence-electron chi connectivity index (χ4n) is 2.72. The van der Waals surface area contributed by atoms with Gasteiger partial charge in [-0.25, -0.2) is 4.98 Å². The molecule has 0 bridgehead atoms. The molecule has 1 fully saturated rings. The van der Waals surface area contributed by atoms with E-state index in [1.807, 2.05) is 19.1 Å². The molecular formula is C16H17N3. The predicted octanol–water partition coefficient (Wildman–Crippen LogP) is 3.64. The molecular weight excluding hydrogens is 234 g/mol. The van der Waals surface area contributed by atoms with Crippen molar-refractivity contribution in [3.05, 3.63) is 41.3 Å². The monoisotopic (exact) mass is 251 g/mol.